The Morgan fingerprint density at radius 3 is 3.12 bits per heavy atom. The van der Waals surface area contributed by atoms with Crippen molar-refractivity contribution in [2.24, 2.45) is 0 Å². The van der Waals surface area contributed by atoms with Gasteiger partial charge in [-0.2, -0.15) is 11.8 Å². The number of nitrogens with one attached hydrogen (secondary N) is 1. The van der Waals surface area contributed by atoms with Crippen LogP contribution in [0.1, 0.15) is 24.0 Å². The van der Waals surface area contributed by atoms with Gasteiger partial charge in [-0.3, -0.25) is 0 Å². The van der Waals surface area contributed by atoms with E-state index in [0.717, 1.165) is 5.25 Å². The van der Waals surface area contributed by atoms with Gasteiger partial charge in [0.2, 0.25) is 0 Å². The number of thioether (sulfide) groups is 1. The predicted octanol–water partition coefficient (Wildman–Crippen LogP) is 3.02. The lowest BCUT2D eigenvalue weighted by Crippen LogP contribution is -2.31. The molecule has 2 heteroatoms. The van der Waals surface area contributed by atoms with Crippen LogP contribution < -0.4 is 5.32 Å². The Balaban J connectivity index is 1.71. The Morgan fingerprint density at radius 2 is 2.38 bits per heavy atom. The van der Waals surface area contributed by atoms with Gasteiger partial charge < -0.3 is 5.32 Å². The molecule has 0 aliphatic carbocycles. The summed E-state index contributed by atoms with van der Waals surface area (Å²) in [7, 11) is 0. The number of hydrogen-bond acceptors (Lipinski definition) is 2. The SMILES string of the molecule is Cc1cccc(CCSC2CCCNC2)c1. The molecule has 1 nitrogen and oxygen atoms in total. The summed E-state index contributed by atoms with van der Waals surface area (Å²) < 4.78 is 0. The van der Waals surface area contributed by atoms with Crippen molar-refractivity contribution in [3.63, 3.8) is 0 Å². The van der Waals surface area contributed by atoms with Crippen LogP contribution in [0.4, 0.5) is 0 Å². The summed E-state index contributed by atoms with van der Waals surface area (Å²) in [4.78, 5) is 0. The molecule has 1 aliphatic rings. The van der Waals surface area contributed by atoms with Crippen molar-refractivity contribution in [2.75, 3.05) is 18.8 Å². The van der Waals surface area contributed by atoms with Crippen molar-refractivity contribution >= 4 is 11.8 Å². The second-order valence-electron chi connectivity index (χ2n) is 4.58. The highest BCUT2D eigenvalue weighted by molar-refractivity contribution is 7.99. The average Bonchev–Trinajstić information content (AvgIpc) is 2.30. The second kappa shape index (κ2) is 6.31. The molecular weight excluding hydrogens is 214 g/mol. The Kier molecular flexibility index (Phi) is 4.73. The number of piperidine rings is 1. The van der Waals surface area contributed by atoms with Crippen LogP contribution in [0.25, 0.3) is 0 Å². The zero-order chi connectivity index (χ0) is 11.2. The zero-order valence-corrected chi connectivity index (χ0v) is 10.9. The highest BCUT2D eigenvalue weighted by Crippen LogP contribution is 2.19. The minimum Gasteiger partial charge on any atom is -0.316 e. The molecule has 1 saturated heterocycles. The third-order valence-corrected chi connectivity index (χ3v) is 4.39. The Morgan fingerprint density at radius 1 is 1.44 bits per heavy atom. The molecule has 0 radical (unpaired) electrons. The van der Waals surface area contributed by atoms with E-state index in [-0.39, 0.29) is 0 Å². The third kappa shape index (κ3) is 3.84. The quantitative estimate of drug-likeness (QED) is 0.861. The molecule has 1 heterocycles. The smallest absolute Gasteiger partial charge is 0.0173 e. The van der Waals surface area contributed by atoms with Crippen molar-refractivity contribution in [1.29, 1.82) is 0 Å². The fourth-order valence-corrected chi connectivity index (χ4v) is 3.43. The molecule has 16 heavy (non-hydrogen) atoms. The average molecular weight is 235 g/mol. The number of aryl methyl sites for hydroxylation is 2. The highest BCUT2D eigenvalue weighted by atomic mass is 32.2. The van der Waals surface area contributed by atoms with Crippen LogP contribution >= 0.6 is 11.8 Å². The Hall–Kier alpha value is -0.470. The van der Waals surface area contributed by atoms with E-state index in [1.54, 1.807) is 0 Å². The van der Waals surface area contributed by atoms with Crippen LogP contribution in [0, 0.1) is 6.92 Å². The Bertz CT molecular complexity index is 318. The zero-order valence-electron chi connectivity index (χ0n) is 10.0. The molecule has 1 N–H and O–H groups in total. The number of rotatable bonds is 4. The molecular formula is C14H21NS. The minimum absolute atomic E-state index is 0.846. The molecule has 1 fully saturated rings. The molecule has 1 aromatic rings. The normalized spacial score (nSPS) is 20.9. The molecule has 0 saturated carbocycles. The lowest BCUT2D eigenvalue weighted by Gasteiger charge is -2.22. The maximum Gasteiger partial charge on any atom is 0.0173 e. The van der Waals surface area contributed by atoms with Crippen molar-refractivity contribution < 1.29 is 0 Å². The van der Waals surface area contributed by atoms with Crippen LogP contribution in [0.15, 0.2) is 24.3 Å². The molecule has 0 amide bonds. The molecule has 1 aromatic carbocycles. The van der Waals surface area contributed by atoms with Crippen LogP contribution in [0.5, 0.6) is 0 Å². The summed E-state index contributed by atoms with van der Waals surface area (Å²) in [5.41, 5.74) is 2.86. The van der Waals surface area contributed by atoms with E-state index in [4.69, 9.17) is 0 Å². The van der Waals surface area contributed by atoms with Gasteiger partial charge in [0.1, 0.15) is 0 Å². The van der Waals surface area contributed by atoms with Crippen molar-refractivity contribution in [2.45, 2.75) is 31.4 Å². The summed E-state index contributed by atoms with van der Waals surface area (Å²) in [6, 6.07) is 8.88. The molecule has 1 unspecified atom stereocenters. The summed E-state index contributed by atoms with van der Waals surface area (Å²) >= 11 is 2.14. The van der Waals surface area contributed by atoms with Gasteiger partial charge in [0.15, 0.2) is 0 Å². The van der Waals surface area contributed by atoms with E-state index in [0.29, 0.717) is 0 Å². The first-order chi connectivity index (χ1) is 7.84. The van der Waals surface area contributed by atoms with Gasteiger partial charge >= 0.3 is 0 Å². The maximum atomic E-state index is 3.47. The first kappa shape index (κ1) is 12.0. The van der Waals surface area contributed by atoms with Gasteiger partial charge in [-0.25, -0.2) is 0 Å². The van der Waals surface area contributed by atoms with Crippen LogP contribution in [0.2, 0.25) is 0 Å². The van der Waals surface area contributed by atoms with Crippen molar-refractivity contribution in [1.82, 2.24) is 5.32 Å². The van der Waals surface area contributed by atoms with E-state index in [9.17, 15) is 0 Å². The topological polar surface area (TPSA) is 12.0 Å². The summed E-state index contributed by atoms with van der Waals surface area (Å²) in [6.45, 7) is 4.59. The lowest BCUT2D eigenvalue weighted by atomic mass is 10.1. The monoisotopic (exact) mass is 235 g/mol. The maximum absolute atomic E-state index is 3.47. The van der Waals surface area contributed by atoms with Crippen LogP contribution in [-0.2, 0) is 6.42 Å². The van der Waals surface area contributed by atoms with E-state index < -0.39 is 0 Å². The molecule has 2 rings (SSSR count). The molecule has 0 bridgehead atoms. The summed E-state index contributed by atoms with van der Waals surface area (Å²) in [6.07, 6.45) is 3.95. The molecule has 0 spiro atoms. The van der Waals surface area contributed by atoms with Gasteiger partial charge in [-0.1, -0.05) is 29.8 Å². The van der Waals surface area contributed by atoms with Gasteiger partial charge in [0, 0.05) is 11.8 Å². The van der Waals surface area contributed by atoms with E-state index in [1.807, 2.05) is 0 Å². The third-order valence-electron chi connectivity index (χ3n) is 3.08. The van der Waals surface area contributed by atoms with Crippen LogP contribution in [-0.4, -0.2) is 24.1 Å². The van der Waals surface area contributed by atoms with Gasteiger partial charge in [-0.05, 0) is 44.0 Å². The summed E-state index contributed by atoms with van der Waals surface area (Å²) in [5, 5.41) is 4.32. The summed E-state index contributed by atoms with van der Waals surface area (Å²) in [5.74, 6) is 1.26. The van der Waals surface area contributed by atoms with Gasteiger partial charge in [0.25, 0.3) is 0 Å². The first-order valence-corrected chi connectivity index (χ1v) is 7.27. The van der Waals surface area contributed by atoms with E-state index in [2.05, 4.69) is 48.3 Å². The second-order valence-corrected chi connectivity index (χ2v) is 5.99. The number of benzene rings is 1. The Labute approximate surface area is 103 Å². The van der Waals surface area contributed by atoms with Gasteiger partial charge in [-0.15, -0.1) is 0 Å². The largest absolute Gasteiger partial charge is 0.316 e. The molecule has 1 aliphatic heterocycles. The van der Waals surface area contributed by atoms with Gasteiger partial charge in [0.05, 0.1) is 0 Å². The standard InChI is InChI=1S/C14H21NS/c1-12-4-2-5-13(10-12)7-9-16-14-6-3-8-15-11-14/h2,4-5,10,14-15H,3,6-9,11H2,1H3. The molecule has 1 atom stereocenters. The fraction of sp³-hybridized carbons (Fsp3) is 0.571. The molecule has 88 valence electrons. The highest BCUT2D eigenvalue weighted by Gasteiger charge is 2.12. The lowest BCUT2D eigenvalue weighted by molar-refractivity contribution is 0.531. The fourth-order valence-electron chi connectivity index (χ4n) is 2.17. The van der Waals surface area contributed by atoms with E-state index >= 15 is 0 Å². The van der Waals surface area contributed by atoms with E-state index in [1.165, 1.54) is 49.2 Å². The minimum atomic E-state index is 0.846. The molecule has 0 aromatic heterocycles. The predicted molar refractivity (Wildman–Crippen MR) is 73.2 cm³/mol. The van der Waals surface area contributed by atoms with Crippen LogP contribution in [0.3, 0.4) is 0 Å². The number of hydrogen-bond donors (Lipinski definition) is 1. The van der Waals surface area contributed by atoms with Crippen molar-refractivity contribution in [3.05, 3.63) is 35.4 Å². The first-order valence-electron chi connectivity index (χ1n) is 6.22. The van der Waals surface area contributed by atoms with Crippen molar-refractivity contribution in [3.8, 4) is 0 Å².